The zero-order chi connectivity index (χ0) is 22.3. The van der Waals surface area contributed by atoms with Gasteiger partial charge in [-0.1, -0.05) is 80.6 Å². The van der Waals surface area contributed by atoms with Crippen molar-refractivity contribution in [1.29, 1.82) is 0 Å². The average Bonchev–Trinajstić information content (AvgIpc) is 2.80. The summed E-state index contributed by atoms with van der Waals surface area (Å²) < 4.78 is 27.9. The highest BCUT2D eigenvalue weighted by molar-refractivity contribution is 7.89. The highest BCUT2D eigenvalue weighted by Gasteiger charge is 2.27. The number of hydrogen-bond donors (Lipinski definition) is 1. The van der Waals surface area contributed by atoms with Crippen LogP contribution in [0.2, 0.25) is 0 Å². The molecule has 3 rings (SSSR count). The van der Waals surface area contributed by atoms with Crippen LogP contribution in [-0.4, -0.2) is 25.2 Å². The van der Waals surface area contributed by atoms with E-state index in [1.807, 2.05) is 62.4 Å². The summed E-state index contributed by atoms with van der Waals surface area (Å²) in [6, 6.07) is 23.5. The Morgan fingerprint density at radius 1 is 0.806 bits per heavy atom. The summed E-state index contributed by atoms with van der Waals surface area (Å²) >= 11 is 0. The third-order valence-electron chi connectivity index (χ3n) is 5.17. The van der Waals surface area contributed by atoms with E-state index < -0.39 is 10.0 Å². The van der Waals surface area contributed by atoms with Gasteiger partial charge in [-0.05, 0) is 41.7 Å². The minimum absolute atomic E-state index is 0.113. The van der Waals surface area contributed by atoms with E-state index in [9.17, 15) is 13.2 Å². The maximum absolute atomic E-state index is 13.3. The minimum atomic E-state index is -3.85. The molecule has 0 aliphatic carbocycles. The first-order valence-corrected chi connectivity index (χ1v) is 11.9. The SMILES string of the molecule is CCc1cccc(CC)c1NC(=O)CN(Cc1ccccc1)S(=O)(=O)c1ccccc1. The molecule has 0 atom stereocenters. The highest BCUT2D eigenvalue weighted by Crippen LogP contribution is 2.23. The van der Waals surface area contributed by atoms with Crippen LogP contribution in [0, 0.1) is 0 Å². The predicted molar refractivity (Wildman–Crippen MR) is 124 cm³/mol. The van der Waals surface area contributed by atoms with Crippen LogP contribution in [0.25, 0.3) is 0 Å². The number of benzene rings is 3. The van der Waals surface area contributed by atoms with Crippen LogP contribution in [0.5, 0.6) is 0 Å². The smallest absolute Gasteiger partial charge is 0.243 e. The minimum Gasteiger partial charge on any atom is -0.324 e. The molecule has 31 heavy (non-hydrogen) atoms. The molecule has 0 fully saturated rings. The summed E-state index contributed by atoms with van der Waals surface area (Å²) in [4.78, 5) is 13.2. The Kier molecular flexibility index (Phi) is 7.60. The Labute approximate surface area is 184 Å². The van der Waals surface area contributed by atoms with Crippen LogP contribution < -0.4 is 5.32 Å². The number of nitrogens with one attached hydrogen (secondary N) is 1. The number of rotatable bonds is 9. The quantitative estimate of drug-likeness (QED) is 0.531. The van der Waals surface area contributed by atoms with Crippen molar-refractivity contribution in [2.75, 3.05) is 11.9 Å². The number of carbonyl (C=O) groups is 1. The molecule has 1 amide bonds. The van der Waals surface area contributed by atoms with Crippen LogP contribution >= 0.6 is 0 Å². The summed E-state index contributed by atoms with van der Waals surface area (Å²) in [7, 11) is -3.85. The lowest BCUT2D eigenvalue weighted by molar-refractivity contribution is -0.116. The Bertz CT molecular complexity index is 1090. The standard InChI is InChI=1S/C25H28N2O3S/c1-3-21-14-11-15-22(4-2)25(21)26-24(28)19-27(18-20-12-7-5-8-13-20)31(29,30)23-16-9-6-10-17-23/h5-17H,3-4,18-19H2,1-2H3,(H,26,28). The molecule has 3 aromatic carbocycles. The highest BCUT2D eigenvalue weighted by atomic mass is 32.2. The molecule has 0 aliphatic rings. The number of amides is 1. The third-order valence-corrected chi connectivity index (χ3v) is 6.97. The van der Waals surface area contributed by atoms with E-state index in [2.05, 4.69) is 5.32 Å². The van der Waals surface area contributed by atoms with Crippen LogP contribution in [0.4, 0.5) is 5.69 Å². The fourth-order valence-electron chi connectivity index (χ4n) is 3.50. The van der Waals surface area contributed by atoms with Gasteiger partial charge in [0.1, 0.15) is 0 Å². The molecule has 0 spiro atoms. The maximum atomic E-state index is 13.3. The van der Waals surface area contributed by atoms with E-state index in [1.165, 1.54) is 4.31 Å². The third kappa shape index (κ3) is 5.60. The van der Waals surface area contributed by atoms with E-state index in [1.54, 1.807) is 30.3 Å². The molecule has 5 nitrogen and oxygen atoms in total. The van der Waals surface area contributed by atoms with Gasteiger partial charge in [0.2, 0.25) is 15.9 Å². The lowest BCUT2D eigenvalue weighted by atomic mass is 10.0. The Morgan fingerprint density at radius 3 is 1.90 bits per heavy atom. The zero-order valence-corrected chi connectivity index (χ0v) is 18.7. The summed E-state index contributed by atoms with van der Waals surface area (Å²) in [5.74, 6) is -0.356. The first kappa shape index (κ1) is 22.7. The Morgan fingerprint density at radius 2 is 1.35 bits per heavy atom. The molecule has 0 radical (unpaired) electrons. The molecule has 0 aliphatic heterocycles. The van der Waals surface area contributed by atoms with Gasteiger partial charge in [-0.3, -0.25) is 4.79 Å². The Hall–Kier alpha value is -2.96. The molecule has 3 aromatic rings. The molecule has 0 aromatic heterocycles. The second-order valence-corrected chi connectivity index (χ2v) is 9.22. The van der Waals surface area contributed by atoms with Crippen LogP contribution in [-0.2, 0) is 34.2 Å². The van der Waals surface area contributed by atoms with Crippen molar-refractivity contribution in [1.82, 2.24) is 4.31 Å². The van der Waals surface area contributed by atoms with Crippen molar-refractivity contribution >= 4 is 21.6 Å². The zero-order valence-electron chi connectivity index (χ0n) is 17.9. The summed E-state index contributed by atoms with van der Waals surface area (Å²) in [5.41, 5.74) is 3.67. The van der Waals surface area contributed by atoms with Crippen LogP contribution in [0.3, 0.4) is 0 Å². The second kappa shape index (κ2) is 10.4. The number of anilines is 1. The molecule has 0 unspecified atom stereocenters. The molecular formula is C25H28N2O3S. The predicted octanol–water partition coefficient (Wildman–Crippen LogP) is 4.64. The second-order valence-electron chi connectivity index (χ2n) is 7.28. The number of carbonyl (C=O) groups excluding carboxylic acids is 1. The number of sulfonamides is 1. The van der Waals surface area contributed by atoms with Gasteiger partial charge in [0, 0.05) is 12.2 Å². The van der Waals surface area contributed by atoms with Crippen molar-refractivity contribution in [2.24, 2.45) is 0 Å². The van der Waals surface area contributed by atoms with Gasteiger partial charge in [0.25, 0.3) is 0 Å². The maximum Gasteiger partial charge on any atom is 0.243 e. The molecule has 0 heterocycles. The van der Waals surface area contributed by atoms with Gasteiger partial charge in [-0.2, -0.15) is 4.31 Å². The van der Waals surface area contributed by atoms with Crippen molar-refractivity contribution in [3.8, 4) is 0 Å². The average molecular weight is 437 g/mol. The first-order chi connectivity index (χ1) is 15.0. The van der Waals surface area contributed by atoms with Gasteiger partial charge in [-0.25, -0.2) is 8.42 Å². The van der Waals surface area contributed by atoms with Crippen molar-refractivity contribution < 1.29 is 13.2 Å². The fourth-order valence-corrected chi connectivity index (χ4v) is 4.90. The summed E-state index contributed by atoms with van der Waals surface area (Å²) in [5, 5.41) is 2.98. The molecule has 6 heteroatoms. The van der Waals surface area contributed by atoms with Gasteiger partial charge in [0.05, 0.1) is 11.4 Å². The van der Waals surface area contributed by atoms with Crippen LogP contribution in [0.15, 0.2) is 83.8 Å². The summed E-state index contributed by atoms with van der Waals surface area (Å²) in [6.07, 6.45) is 1.55. The number of para-hydroxylation sites is 1. The fraction of sp³-hybridized carbons (Fsp3) is 0.240. The summed E-state index contributed by atoms with van der Waals surface area (Å²) in [6.45, 7) is 3.91. The lowest BCUT2D eigenvalue weighted by Gasteiger charge is -2.23. The van der Waals surface area contributed by atoms with E-state index >= 15 is 0 Å². The number of hydrogen-bond acceptors (Lipinski definition) is 3. The Balaban J connectivity index is 1.89. The molecule has 1 N–H and O–H groups in total. The monoisotopic (exact) mass is 436 g/mol. The first-order valence-electron chi connectivity index (χ1n) is 10.5. The van der Waals surface area contributed by atoms with E-state index in [4.69, 9.17) is 0 Å². The largest absolute Gasteiger partial charge is 0.324 e. The van der Waals surface area contributed by atoms with Crippen molar-refractivity contribution in [3.05, 3.63) is 95.6 Å². The van der Waals surface area contributed by atoms with Gasteiger partial charge < -0.3 is 5.32 Å². The molecular weight excluding hydrogens is 408 g/mol. The van der Waals surface area contributed by atoms with Gasteiger partial charge >= 0.3 is 0 Å². The van der Waals surface area contributed by atoms with E-state index in [-0.39, 0.29) is 23.9 Å². The lowest BCUT2D eigenvalue weighted by Crippen LogP contribution is -2.37. The van der Waals surface area contributed by atoms with Crippen LogP contribution in [0.1, 0.15) is 30.5 Å². The van der Waals surface area contributed by atoms with Crippen molar-refractivity contribution in [2.45, 2.75) is 38.1 Å². The molecule has 0 bridgehead atoms. The van der Waals surface area contributed by atoms with E-state index in [0.717, 1.165) is 35.2 Å². The van der Waals surface area contributed by atoms with Gasteiger partial charge in [-0.15, -0.1) is 0 Å². The topological polar surface area (TPSA) is 66.5 Å². The van der Waals surface area contributed by atoms with Gasteiger partial charge in [0.15, 0.2) is 0 Å². The molecule has 0 saturated heterocycles. The van der Waals surface area contributed by atoms with Crippen molar-refractivity contribution in [3.63, 3.8) is 0 Å². The molecule has 162 valence electrons. The number of aryl methyl sites for hydroxylation is 2. The normalized spacial score (nSPS) is 11.5. The molecule has 0 saturated carbocycles. The van der Waals surface area contributed by atoms with E-state index in [0.29, 0.717) is 0 Å². The number of nitrogens with zero attached hydrogens (tertiary/aromatic N) is 1.